The van der Waals surface area contributed by atoms with Gasteiger partial charge in [0, 0.05) is 13.2 Å². The zero-order valence-electron chi connectivity index (χ0n) is 9.26. The predicted molar refractivity (Wildman–Crippen MR) is 62.9 cm³/mol. The molecule has 2 unspecified atom stereocenters. The van der Waals surface area contributed by atoms with Gasteiger partial charge in [-0.15, -0.1) is 10.2 Å². The molecule has 0 aliphatic heterocycles. The summed E-state index contributed by atoms with van der Waals surface area (Å²) in [6, 6.07) is 3.55. The van der Waals surface area contributed by atoms with Crippen molar-refractivity contribution in [3.05, 3.63) is 12.1 Å². The maximum atomic E-state index is 9.20. The molecule has 5 heteroatoms. The van der Waals surface area contributed by atoms with Crippen LogP contribution in [-0.4, -0.2) is 28.5 Å². The molecule has 0 aromatic carbocycles. The van der Waals surface area contributed by atoms with Crippen LogP contribution in [0.2, 0.25) is 0 Å². The van der Waals surface area contributed by atoms with Crippen LogP contribution >= 0.6 is 0 Å². The van der Waals surface area contributed by atoms with Crippen LogP contribution in [0.25, 0.3) is 0 Å². The molecule has 16 heavy (non-hydrogen) atoms. The number of anilines is 2. The van der Waals surface area contributed by atoms with Gasteiger partial charge < -0.3 is 16.2 Å². The first-order valence-electron chi connectivity index (χ1n) is 5.73. The van der Waals surface area contributed by atoms with Crippen LogP contribution < -0.4 is 11.1 Å². The van der Waals surface area contributed by atoms with Crippen LogP contribution in [0.4, 0.5) is 11.6 Å². The van der Waals surface area contributed by atoms with Crippen molar-refractivity contribution in [2.75, 3.05) is 24.2 Å². The average molecular weight is 222 g/mol. The Kier molecular flexibility index (Phi) is 3.56. The van der Waals surface area contributed by atoms with Gasteiger partial charge in [0.1, 0.15) is 11.6 Å². The fourth-order valence-corrected chi connectivity index (χ4v) is 2.30. The number of nitrogen functional groups attached to an aromatic ring is 1. The van der Waals surface area contributed by atoms with Gasteiger partial charge in [0.15, 0.2) is 0 Å². The number of nitrogens with two attached hydrogens (primary N) is 1. The molecule has 0 radical (unpaired) electrons. The number of aromatic nitrogens is 2. The summed E-state index contributed by atoms with van der Waals surface area (Å²) in [5, 5.41) is 20.2. The monoisotopic (exact) mass is 222 g/mol. The minimum Gasteiger partial charge on any atom is -0.396 e. The van der Waals surface area contributed by atoms with E-state index in [1.165, 1.54) is 12.8 Å². The van der Waals surface area contributed by atoms with Gasteiger partial charge in [-0.3, -0.25) is 0 Å². The van der Waals surface area contributed by atoms with Crippen LogP contribution in [0.1, 0.15) is 19.3 Å². The second-order valence-electron chi connectivity index (χ2n) is 4.36. The molecule has 0 bridgehead atoms. The molecule has 1 aromatic heterocycles. The summed E-state index contributed by atoms with van der Waals surface area (Å²) in [4.78, 5) is 0. The average Bonchev–Trinajstić information content (AvgIpc) is 2.76. The number of aliphatic hydroxyl groups excluding tert-OH is 1. The molecule has 0 spiro atoms. The van der Waals surface area contributed by atoms with Crippen molar-refractivity contribution >= 4 is 11.6 Å². The lowest BCUT2D eigenvalue weighted by molar-refractivity contribution is 0.199. The molecule has 0 saturated heterocycles. The SMILES string of the molecule is Nc1ccc(NCC2CCCC2CO)nn1. The first-order valence-corrected chi connectivity index (χ1v) is 5.73. The van der Waals surface area contributed by atoms with Crippen LogP contribution in [0, 0.1) is 11.8 Å². The Morgan fingerprint density at radius 2 is 2.12 bits per heavy atom. The molecule has 1 saturated carbocycles. The van der Waals surface area contributed by atoms with Crippen molar-refractivity contribution in [3.63, 3.8) is 0 Å². The second-order valence-corrected chi connectivity index (χ2v) is 4.36. The smallest absolute Gasteiger partial charge is 0.148 e. The van der Waals surface area contributed by atoms with E-state index in [0.29, 0.717) is 24.3 Å². The van der Waals surface area contributed by atoms with Crippen molar-refractivity contribution in [1.29, 1.82) is 0 Å². The lowest BCUT2D eigenvalue weighted by Gasteiger charge is -2.17. The van der Waals surface area contributed by atoms with Gasteiger partial charge in [-0.05, 0) is 36.8 Å². The van der Waals surface area contributed by atoms with Crippen LogP contribution in [-0.2, 0) is 0 Å². The largest absolute Gasteiger partial charge is 0.396 e. The maximum absolute atomic E-state index is 9.20. The third kappa shape index (κ3) is 2.61. The number of rotatable bonds is 4. The number of nitrogens with zero attached hydrogens (tertiary/aromatic N) is 2. The molecular weight excluding hydrogens is 204 g/mol. The quantitative estimate of drug-likeness (QED) is 0.704. The molecule has 2 rings (SSSR count). The molecule has 1 heterocycles. The Morgan fingerprint density at radius 3 is 2.81 bits per heavy atom. The zero-order valence-corrected chi connectivity index (χ0v) is 9.26. The number of hydrogen-bond donors (Lipinski definition) is 3. The molecular formula is C11H18N4O. The summed E-state index contributed by atoms with van der Waals surface area (Å²) in [5.41, 5.74) is 5.45. The molecule has 88 valence electrons. The van der Waals surface area contributed by atoms with E-state index in [-0.39, 0.29) is 0 Å². The highest BCUT2D eigenvalue weighted by Crippen LogP contribution is 2.31. The summed E-state index contributed by atoms with van der Waals surface area (Å²) >= 11 is 0. The Bertz CT molecular complexity index is 327. The lowest BCUT2D eigenvalue weighted by atomic mass is 9.97. The van der Waals surface area contributed by atoms with E-state index in [2.05, 4.69) is 15.5 Å². The number of aliphatic hydroxyl groups is 1. The van der Waals surface area contributed by atoms with Gasteiger partial charge in [0.2, 0.25) is 0 Å². The molecule has 5 nitrogen and oxygen atoms in total. The van der Waals surface area contributed by atoms with E-state index in [9.17, 15) is 5.11 Å². The Labute approximate surface area is 95.1 Å². The summed E-state index contributed by atoms with van der Waals surface area (Å²) < 4.78 is 0. The fourth-order valence-electron chi connectivity index (χ4n) is 2.30. The van der Waals surface area contributed by atoms with Crippen molar-refractivity contribution in [1.82, 2.24) is 10.2 Å². The minimum absolute atomic E-state index is 0.291. The van der Waals surface area contributed by atoms with E-state index in [1.54, 1.807) is 6.07 Å². The van der Waals surface area contributed by atoms with Crippen molar-refractivity contribution in [2.45, 2.75) is 19.3 Å². The Balaban J connectivity index is 1.85. The Morgan fingerprint density at radius 1 is 1.31 bits per heavy atom. The molecule has 2 atom stereocenters. The summed E-state index contributed by atoms with van der Waals surface area (Å²) in [5.74, 6) is 2.16. The highest BCUT2D eigenvalue weighted by molar-refractivity contribution is 5.38. The van der Waals surface area contributed by atoms with E-state index >= 15 is 0 Å². The van der Waals surface area contributed by atoms with E-state index in [4.69, 9.17) is 5.73 Å². The third-order valence-electron chi connectivity index (χ3n) is 3.28. The number of hydrogen-bond acceptors (Lipinski definition) is 5. The topological polar surface area (TPSA) is 84.1 Å². The van der Waals surface area contributed by atoms with Gasteiger partial charge in [-0.2, -0.15) is 0 Å². The van der Waals surface area contributed by atoms with Gasteiger partial charge in [-0.25, -0.2) is 0 Å². The maximum Gasteiger partial charge on any atom is 0.148 e. The van der Waals surface area contributed by atoms with E-state index < -0.39 is 0 Å². The highest BCUT2D eigenvalue weighted by Gasteiger charge is 2.26. The van der Waals surface area contributed by atoms with Crippen LogP contribution in [0.3, 0.4) is 0 Å². The number of nitrogens with one attached hydrogen (secondary N) is 1. The lowest BCUT2D eigenvalue weighted by Crippen LogP contribution is -2.21. The van der Waals surface area contributed by atoms with Crippen molar-refractivity contribution < 1.29 is 5.11 Å². The van der Waals surface area contributed by atoms with E-state index in [1.807, 2.05) is 6.07 Å². The molecule has 1 aliphatic rings. The highest BCUT2D eigenvalue weighted by atomic mass is 16.3. The van der Waals surface area contributed by atoms with Gasteiger partial charge in [0.05, 0.1) is 0 Å². The first-order chi connectivity index (χ1) is 7.79. The first kappa shape index (κ1) is 11.1. The van der Waals surface area contributed by atoms with E-state index in [0.717, 1.165) is 18.8 Å². The molecule has 1 aromatic rings. The molecule has 0 amide bonds. The van der Waals surface area contributed by atoms with Crippen molar-refractivity contribution in [2.24, 2.45) is 11.8 Å². The van der Waals surface area contributed by atoms with Crippen molar-refractivity contribution in [3.8, 4) is 0 Å². The summed E-state index contributed by atoms with van der Waals surface area (Å²) in [6.45, 7) is 1.14. The Hall–Kier alpha value is -1.36. The predicted octanol–water partition coefficient (Wildman–Crippen LogP) is 0.879. The van der Waals surface area contributed by atoms with Crippen LogP contribution in [0.15, 0.2) is 12.1 Å². The van der Waals surface area contributed by atoms with Gasteiger partial charge >= 0.3 is 0 Å². The van der Waals surface area contributed by atoms with Gasteiger partial charge in [-0.1, -0.05) is 6.42 Å². The molecule has 4 N–H and O–H groups in total. The molecule has 1 aliphatic carbocycles. The fraction of sp³-hybridized carbons (Fsp3) is 0.636. The normalized spacial score (nSPS) is 24.6. The second kappa shape index (κ2) is 5.12. The third-order valence-corrected chi connectivity index (χ3v) is 3.28. The standard InChI is InChI=1S/C11H18N4O/c12-10-4-5-11(15-14-10)13-6-8-2-1-3-9(8)7-16/h4-5,8-9,16H,1-3,6-7H2,(H2,12,14)(H,13,15). The summed E-state index contributed by atoms with van der Waals surface area (Å²) in [7, 11) is 0. The molecule has 1 fully saturated rings. The van der Waals surface area contributed by atoms with Gasteiger partial charge in [0.25, 0.3) is 0 Å². The summed E-state index contributed by atoms with van der Waals surface area (Å²) in [6.07, 6.45) is 3.53. The minimum atomic E-state index is 0.291. The van der Waals surface area contributed by atoms with Crippen LogP contribution in [0.5, 0.6) is 0 Å². The zero-order chi connectivity index (χ0) is 11.4.